The van der Waals surface area contributed by atoms with Gasteiger partial charge < -0.3 is 9.84 Å². The number of rotatable bonds is 4. The van der Waals surface area contributed by atoms with E-state index in [1.807, 2.05) is 13.0 Å². The third kappa shape index (κ3) is 2.76. The van der Waals surface area contributed by atoms with Gasteiger partial charge in [0.15, 0.2) is 11.5 Å². The normalized spacial score (nSPS) is 10.8. The summed E-state index contributed by atoms with van der Waals surface area (Å²) >= 11 is 5.82. The molecule has 0 unspecified atom stereocenters. The molecule has 5 nitrogen and oxygen atoms in total. The molecule has 0 atom stereocenters. The highest BCUT2D eigenvalue weighted by molar-refractivity contribution is 6.30. The summed E-state index contributed by atoms with van der Waals surface area (Å²) < 4.78 is 7.37. The topological polar surface area (TPSA) is 63.8 Å². The second-order valence-electron chi connectivity index (χ2n) is 4.88. The molecule has 2 heterocycles. The summed E-state index contributed by atoms with van der Waals surface area (Å²) in [6, 6.07) is 10.6. The van der Waals surface area contributed by atoms with Crippen LogP contribution in [0.2, 0.25) is 5.02 Å². The average Bonchev–Trinajstić information content (AvgIpc) is 2.85. The number of carboxylic acid groups (broad SMARTS) is 1. The number of hydrogen-bond acceptors (Lipinski definition) is 3. The van der Waals surface area contributed by atoms with E-state index in [4.69, 9.17) is 16.3 Å². The van der Waals surface area contributed by atoms with Crippen LogP contribution in [-0.4, -0.2) is 20.5 Å². The van der Waals surface area contributed by atoms with Gasteiger partial charge in [-0.1, -0.05) is 11.6 Å². The van der Waals surface area contributed by atoms with Crippen molar-refractivity contribution in [3.05, 3.63) is 64.7 Å². The summed E-state index contributed by atoms with van der Waals surface area (Å²) in [5.41, 5.74) is 1.56. The molecule has 3 rings (SSSR count). The number of halogens is 1. The Morgan fingerprint density at radius 3 is 2.73 bits per heavy atom. The third-order valence-corrected chi connectivity index (χ3v) is 3.51. The molecular formula is C16H13ClN2O3. The highest BCUT2D eigenvalue weighted by atomic mass is 35.5. The maximum absolute atomic E-state index is 11.3. The van der Waals surface area contributed by atoms with Crippen LogP contribution in [-0.2, 0) is 6.61 Å². The van der Waals surface area contributed by atoms with Crippen LogP contribution in [0, 0.1) is 6.92 Å². The zero-order valence-electron chi connectivity index (χ0n) is 11.8. The zero-order valence-corrected chi connectivity index (χ0v) is 12.5. The summed E-state index contributed by atoms with van der Waals surface area (Å²) in [5.74, 6) is 0.119. The molecule has 3 aromatic rings. The number of pyridine rings is 1. The molecule has 22 heavy (non-hydrogen) atoms. The fraction of sp³-hybridized carbons (Fsp3) is 0.125. The molecule has 0 aliphatic carbocycles. The number of aromatic carboxylic acids is 1. The molecule has 0 aliphatic heterocycles. The summed E-state index contributed by atoms with van der Waals surface area (Å²) in [7, 11) is 0. The van der Waals surface area contributed by atoms with Crippen molar-refractivity contribution in [1.82, 2.24) is 9.38 Å². The summed E-state index contributed by atoms with van der Waals surface area (Å²) in [4.78, 5) is 15.5. The molecule has 0 spiro atoms. The fourth-order valence-electron chi connectivity index (χ4n) is 2.19. The summed E-state index contributed by atoms with van der Waals surface area (Å²) in [5, 5.41) is 9.90. The van der Waals surface area contributed by atoms with Gasteiger partial charge in [-0.05, 0) is 48.9 Å². The van der Waals surface area contributed by atoms with E-state index in [1.165, 1.54) is 0 Å². The maximum atomic E-state index is 11.3. The minimum atomic E-state index is -1.05. The van der Waals surface area contributed by atoms with Crippen LogP contribution in [0.3, 0.4) is 0 Å². The van der Waals surface area contributed by atoms with Crippen LogP contribution in [0.25, 0.3) is 5.52 Å². The van der Waals surface area contributed by atoms with Gasteiger partial charge in [-0.15, -0.1) is 0 Å². The number of carboxylic acids is 1. The van der Waals surface area contributed by atoms with Crippen LogP contribution in [0.1, 0.15) is 21.9 Å². The lowest BCUT2D eigenvalue weighted by Crippen LogP contribution is -2.01. The van der Waals surface area contributed by atoms with Crippen LogP contribution >= 0.6 is 11.6 Å². The summed E-state index contributed by atoms with van der Waals surface area (Å²) in [6.45, 7) is 2.07. The predicted octanol–water partition coefficient (Wildman–Crippen LogP) is 3.57. The third-order valence-electron chi connectivity index (χ3n) is 3.26. The van der Waals surface area contributed by atoms with E-state index in [-0.39, 0.29) is 12.3 Å². The molecule has 0 fully saturated rings. The smallest absolute Gasteiger partial charge is 0.356 e. The van der Waals surface area contributed by atoms with Gasteiger partial charge in [0, 0.05) is 11.2 Å². The standard InChI is InChI=1S/C16H13ClN2O3/c1-10-6-7-19-13(8-10)15(16(20)21)18-14(19)9-22-12-4-2-11(17)3-5-12/h2-8H,9H2,1H3,(H,20,21). The van der Waals surface area contributed by atoms with Gasteiger partial charge in [0.2, 0.25) is 0 Å². The molecule has 0 bridgehead atoms. The Hall–Kier alpha value is -2.53. The van der Waals surface area contributed by atoms with Crippen LogP contribution < -0.4 is 4.74 Å². The Kier molecular flexibility index (Phi) is 3.73. The first-order chi connectivity index (χ1) is 10.5. The first kappa shape index (κ1) is 14.4. The molecule has 2 aromatic heterocycles. The second kappa shape index (κ2) is 5.69. The Bertz CT molecular complexity index is 840. The lowest BCUT2D eigenvalue weighted by Gasteiger charge is -2.05. The average molecular weight is 317 g/mol. The number of benzene rings is 1. The number of imidazole rings is 1. The Balaban J connectivity index is 1.93. The van der Waals surface area contributed by atoms with Crippen molar-refractivity contribution < 1.29 is 14.6 Å². The number of aryl methyl sites for hydroxylation is 1. The lowest BCUT2D eigenvalue weighted by atomic mass is 10.2. The van der Waals surface area contributed by atoms with E-state index >= 15 is 0 Å². The first-order valence-electron chi connectivity index (χ1n) is 6.64. The maximum Gasteiger partial charge on any atom is 0.356 e. The quantitative estimate of drug-likeness (QED) is 0.799. The lowest BCUT2D eigenvalue weighted by molar-refractivity contribution is 0.0693. The van der Waals surface area contributed by atoms with Crippen molar-refractivity contribution >= 4 is 23.1 Å². The predicted molar refractivity (Wildman–Crippen MR) is 82.7 cm³/mol. The van der Waals surface area contributed by atoms with Crippen molar-refractivity contribution in [1.29, 1.82) is 0 Å². The number of ether oxygens (including phenoxy) is 1. The second-order valence-corrected chi connectivity index (χ2v) is 5.32. The van der Waals surface area contributed by atoms with Gasteiger partial charge >= 0.3 is 5.97 Å². The monoisotopic (exact) mass is 316 g/mol. The number of hydrogen-bond donors (Lipinski definition) is 1. The van der Waals surface area contributed by atoms with Gasteiger partial charge in [-0.2, -0.15) is 0 Å². The Morgan fingerprint density at radius 2 is 2.05 bits per heavy atom. The van der Waals surface area contributed by atoms with Crippen LogP contribution in [0.4, 0.5) is 0 Å². The zero-order chi connectivity index (χ0) is 15.7. The van der Waals surface area contributed by atoms with Crippen LogP contribution in [0.15, 0.2) is 42.6 Å². The van der Waals surface area contributed by atoms with E-state index in [2.05, 4.69) is 4.98 Å². The van der Waals surface area contributed by atoms with E-state index in [1.54, 1.807) is 40.9 Å². The van der Waals surface area contributed by atoms with E-state index in [9.17, 15) is 9.90 Å². The Labute approximate surface area is 131 Å². The molecule has 0 radical (unpaired) electrons. The minimum Gasteiger partial charge on any atom is -0.486 e. The summed E-state index contributed by atoms with van der Waals surface area (Å²) in [6.07, 6.45) is 1.80. The number of nitrogens with zero attached hydrogens (tertiary/aromatic N) is 2. The molecule has 0 aliphatic rings. The number of fused-ring (bicyclic) bond motifs is 1. The van der Waals surface area contributed by atoms with Crippen molar-refractivity contribution in [2.24, 2.45) is 0 Å². The number of carbonyl (C=O) groups is 1. The van der Waals surface area contributed by atoms with Gasteiger partial charge in [0.05, 0.1) is 5.52 Å². The van der Waals surface area contributed by atoms with Crippen molar-refractivity contribution in [2.75, 3.05) is 0 Å². The Morgan fingerprint density at radius 1 is 1.32 bits per heavy atom. The van der Waals surface area contributed by atoms with E-state index < -0.39 is 5.97 Å². The minimum absolute atomic E-state index is 0.0263. The van der Waals surface area contributed by atoms with E-state index in [0.717, 1.165) is 5.56 Å². The molecule has 1 aromatic carbocycles. The first-order valence-corrected chi connectivity index (χ1v) is 7.01. The van der Waals surface area contributed by atoms with E-state index in [0.29, 0.717) is 22.1 Å². The molecule has 0 saturated carbocycles. The van der Waals surface area contributed by atoms with Gasteiger partial charge in [-0.25, -0.2) is 9.78 Å². The fourth-order valence-corrected chi connectivity index (χ4v) is 2.32. The van der Waals surface area contributed by atoms with Gasteiger partial charge in [-0.3, -0.25) is 4.40 Å². The molecular weight excluding hydrogens is 304 g/mol. The highest BCUT2D eigenvalue weighted by Crippen LogP contribution is 2.19. The van der Waals surface area contributed by atoms with Crippen molar-refractivity contribution in [3.63, 3.8) is 0 Å². The van der Waals surface area contributed by atoms with Gasteiger partial charge in [0.1, 0.15) is 12.4 Å². The molecule has 1 N–H and O–H groups in total. The SMILES string of the molecule is Cc1ccn2c(COc3ccc(Cl)cc3)nc(C(=O)O)c2c1. The molecule has 112 valence electrons. The van der Waals surface area contributed by atoms with Crippen molar-refractivity contribution in [3.8, 4) is 5.75 Å². The van der Waals surface area contributed by atoms with Crippen LogP contribution in [0.5, 0.6) is 5.75 Å². The highest BCUT2D eigenvalue weighted by Gasteiger charge is 2.17. The van der Waals surface area contributed by atoms with Gasteiger partial charge in [0.25, 0.3) is 0 Å². The van der Waals surface area contributed by atoms with Crippen molar-refractivity contribution in [2.45, 2.75) is 13.5 Å². The molecule has 0 amide bonds. The number of aromatic nitrogens is 2. The molecule has 0 saturated heterocycles. The molecule has 6 heteroatoms. The largest absolute Gasteiger partial charge is 0.486 e.